The van der Waals surface area contributed by atoms with Gasteiger partial charge in [0.2, 0.25) is 15.9 Å². The molecule has 0 radical (unpaired) electrons. The third-order valence-corrected chi connectivity index (χ3v) is 5.58. The molecule has 1 N–H and O–H groups in total. The molecule has 0 heterocycles. The van der Waals surface area contributed by atoms with Gasteiger partial charge in [0.15, 0.2) is 0 Å². The molecule has 0 aliphatic carbocycles. The molecule has 0 saturated carbocycles. The highest BCUT2D eigenvalue weighted by molar-refractivity contribution is 7.89. The lowest BCUT2D eigenvalue weighted by molar-refractivity contribution is -0.116. The van der Waals surface area contributed by atoms with E-state index in [4.69, 9.17) is 0 Å². The summed E-state index contributed by atoms with van der Waals surface area (Å²) in [5.41, 5.74) is 3.85. The molecule has 0 spiro atoms. The number of nitrogens with zero attached hydrogens (tertiary/aromatic N) is 1. The van der Waals surface area contributed by atoms with Crippen molar-refractivity contribution in [1.29, 1.82) is 0 Å². The number of aryl methyl sites for hydroxylation is 3. The van der Waals surface area contributed by atoms with Crippen LogP contribution in [0.1, 0.15) is 23.6 Å². The van der Waals surface area contributed by atoms with Crippen LogP contribution in [0, 0.1) is 13.8 Å². The molecule has 1 amide bonds. The molecule has 2 aromatic carbocycles. The second-order valence-corrected chi connectivity index (χ2v) is 8.34. The number of hydrogen-bond donors (Lipinski definition) is 1. The Kier molecular flexibility index (Phi) is 6.94. The SMILES string of the molecule is CC(=O)N(CCNS(=O)(=O)CCc1ccccc1)c1cc(C)ccc1C. The van der Waals surface area contributed by atoms with Crippen LogP contribution < -0.4 is 9.62 Å². The van der Waals surface area contributed by atoms with Crippen molar-refractivity contribution in [2.24, 2.45) is 0 Å². The van der Waals surface area contributed by atoms with E-state index in [2.05, 4.69) is 4.72 Å². The van der Waals surface area contributed by atoms with Gasteiger partial charge < -0.3 is 4.90 Å². The Bertz CT molecular complexity index is 849. The van der Waals surface area contributed by atoms with E-state index in [1.165, 1.54) is 6.92 Å². The van der Waals surface area contributed by atoms with E-state index < -0.39 is 10.0 Å². The first-order chi connectivity index (χ1) is 12.3. The van der Waals surface area contributed by atoms with Crippen LogP contribution in [0.4, 0.5) is 5.69 Å². The Morgan fingerprint density at radius 2 is 1.77 bits per heavy atom. The number of hydrogen-bond acceptors (Lipinski definition) is 3. The minimum Gasteiger partial charge on any atom is -0.311 e. The Hall–Kier alpha value is -2.18. The minimum atomic E-state index is -3.39. The number of carbonyl (C=O) groups is 1. The van der Waals surface area contributed by atoms with Crippen LogP contribution in [0.25, 0.3) is 0 Å². The van der Waals surface area contributed by atoms with Crippen LogP contribution in [0.15, 0.2) is 48.5 Å². The second kappa shape index (κ2) is 8.96. The molecule has 0 fully saturated rings. The van der Waals surface area contributed by atoms with Gasteiger partial charge in [0, 0.05) is 25.7 Å². The molecule has 0 aliphatic rings. The first kappa shape index (κ1) is 20.1. The maximum absolute atomic E-state index is 12.2. The van der Waals surface area contributed by atoms with E-state index in [1.54, 1.807) is 4.90 Å². The van der Waals surface area contributed by atoms with E-state index in [1.807, 2.05) is 62.4 Å². The third kappa shape index (κ3) is 5.97. The van der Waals surface area contributed by atoms with Gasteiger partial charge in [-0.1, -0.05) is 42.5 Å². The Morgan fingerprint density at radius 1 is 1.08 bits per heavy atom. The highest BCUT2D eigenvalue weighted by Crippen LogP contribution is 2.21. The van der Waals surface area contributed by atoms with Gasteiger partial charge in [0.25, 0.3) is 0 Å². The molecule has 140 valence electrons. The second-order valence-electron chi connectivity index (χ2n) is 6.41. The van der Waals surface area contributed by atoms with Gasteiger partial charge in [-0.05, 0) is 43.0 Å². The van der Waals surface area contributed by atoms with Crippen molar-refractivity contribution in [1.82, 2.24) is 4.72 Å². The van der Waals surface area contributed by atoms with Crippen LogP contribution in [0.5, 0.6) is 0 Å². The van der Waals surface area contributed by atoms with E-state index in [9.17, 15) is 13.2 Å². The predicted molar refractivity (Wildman–Crippen MR) is 106 cm³/mol. The van der Waals surface area contributed by atoms with Crippen molar-refractivity contribution in [2.45, 2.75) is 27.2 Å². The summed E-state index contributed by atoms with van der Waals surface area (Å²) < 4.78 is 27.0. The Morgan fingerprint density at radius 3 is 2.42 bits per heavy atom. The van der Waals surface area contributed by atoms with Gasteiger partial charge in [-0.25, -0.2) is 13.1 Å². The summed E-state index contributed by atoms with van der Waals surface area (Å²) in [7, 11) is -3.39. The van der Waals surface area contributed by atoms with Crippen LogP contribution >= 0.6 is 0 Å². The highest BCUT2D eigenvalue weighted by Gasteiger charge is 2.16. The fraction of sp³-hybridized carbons (Fsp3) is 0.350. The summed E-state index contributed by atoms with van der Waals surface area (Å²) in [5.74, 6) is -0.0808. The lowest BCUT2D eigenvalue weighted by Gasteiger charge is -2.23. The summed E-state index contributed by atoms with van der Waals surface area (Å²) in [6.45, 7) is 5.88. The maximum atomic E-state index is 12.2. The molecule has 0 bridgehead atoms. The maximum Gasteiger partial charge on any atom is 0.223 e. The number of anilines is 1. The number of rotatable bonds is 8. The molecular formula is C20H26N2O3S. The molecule has 0 aliphatic heterocycles. The topological polar surface area (TPSA) is 66.5 Å². The first-order valence-corrected chi connectivity index (χ1v) is 10.3. The van der Waals surface area contributed by atoms with Crippen LogP contribution in [0.2, 0.25) is 0 Å². The van der Waals surface area contributed by atoms with Gasteiger partial charge in [-0.15, -0.1) is 0 Å². The molecular weight excluding hydrogens is 348 g/mol. The predicted octanol–water partition coefficient (Wildman–Crippen LogP) is 2.82. The number of benzene rings is 2. The molecule has 0 aromatic heterocycles. The smallest absolute Gasteiger partial charge is 0.223 e. The largest absolute Gasteiger partial charge is 0.311 e. The normalized spacial score (nSPS) is 11.3. The van der Waals surface area contributed by atoms with Gasteiger partial charge in [0.05, 0.1) is 5.75 Å². The van der Waals surface area contributed by atoms with Crippen LogP contribution in [0.3, 0.4) is 0 Å². The monoisotopic (exact) mass is 374 g/mol. The van der Waals surface area contributed by atoms with Crippen LogP contribution in [-0.4, -0.2) is 33.2 Å². The molecule has 26 heavy (non-hydrogen) atoms. The van der Waals surface area contributed by atoms with Crippen molar-refractivity contribution >= 4 is 21.6 Å². The molecule has 0 atom stereocenters. The zero-order valence-corrected chi connectivity index (χ0v) is 16.3. The minimum absolute atomic E-state index is 0.0283. The van der Waals surface area contributed by atoms with Gasteiger partial charge in [0.1, 0.15) is 0 Å². The van der Waals surface area contributed by atoms with Crippen LogP contribution in [-0.2, 0) is 21.2 Å². The molecule has 0 unspecified atom stereocenters. The number of amides is 1. The first-order valence-electron chi connectivity index (χ1n) is 8.65. The van der Waals surface area contributed by atoms with Crippen molar-refractivity contribution in [3.63, 3.8) is 0 Å². The number of sulfonamides is 1. The average Bonchev–Trinajstić information content (AvgIpc) is 2.60. The fourth-order valence-electron chi connectivity index (χ4n) is 2.74. The summed E-state index contributed by atoms with van der Waals surface area (Å²) >= 11 is 0. The number of nitrogens with one attached hydrogen (secondary N) is 1. The van der Waals surface area contributed by atoms with E-state index in [0.29, 0.717) is 13.0 Å². The Labute approximate surface area is 156 Å². The van der Waals surface area contributed by atoms with Crippen molar-refractivity contribution in [3.8, 4) is 0 Å². The third-order valence-electron chi connectivity index (χ3n) is 4.20. The molecule has 2 rings (SSSR count). The Balaban J connectivity index is 1.94. The zero-order chi connectivity index (χ0) is 19.2. The van der Waals surface area contributed by atoms with E-state index in [0.717, 1.165) is 22.4 Å². The summed E-state index contributed by atoms with van der Waals surface area (Å²) in [4.78, 5) is 13.6. The van der Waals surface area contributed by atoms with E-state index in [-0.39, 0.29) is 18.2 Å². The standard InChI is InChI=1S/C20H26N2O3S/c1-16-9-10-17(2)20(15-16)22(18(3)23)13-12-21-26(24,25)14-11-19-7-5-4-6-8-19/h4-10,15,21H,11-14H2,1-3H3. The van der Waals surface area contributed by atoms with Gasteiger partial charge in [-0.2, -0.15) is 0 Å². The summed E-state index contributed by atoms with van der Waals surface area (Å²) in [6, 6.07) is 15.4. The summed E-state index contributed by atoms with van der Waals surface area (Å²) in [6.07, 6.45) is 0.462. The molecule has 5 nitrogen and oxygen atoms in total. The molecule has 6 heteroatoms. The molecule has 2 aromatic rings. The van der Waals surface area contributed by atoms with Crippen molar-refractivity contribution in [3.05, 3.63) is 65.2 Å². The van der Waals surface area contributed by atoms with Gasteiger partial charge >= 0.3 is 0 Å². The lowest BCUT2D eigenvalue weighted by atomic mass is 10.1. The van der Waals surface area contributed by atoms with Gasteiger partial charge in [-0.3, -0.25) is 4.79 Å². The van der Waals surface area contributed by atoms with Crippen molar-refractivity contribution < 1.29 is 13.2 Å². The molecule has 0 saturated heterocycles. The lowest BCUT2D eigenvalue weighted by Crippen LogP contribution is -2.38. The number of carbonyl (C=O) groups excluding carboxylic acids is 1. The fourth-order valence-corrected chi connectivity index (χ4v) is 3.79. The summed E-state index contributed by atoms with van der Waals surface area (Å²) in [5, 5.41) is 0. The quantitative estimate of drug-likeness (QED) is 0.773. The zero-order valence-electron chi connectivity index (χ0n) is 15.5. The highest BCUT2D eigenvalue weighted by atomic mass is 32.2. The van der Waals surface area contributed by atoms with E-state index >= 15 is 0 Å². The average molecular weight is 375 g/mol. The van der Waals surface area contributed by atoms with Crippen molar-refractivity contribution in [2.75, 3.05) is 23.7 Å².